The van der Waals surface area contributed by atoms with Crippen molar-refractivity contribution in [3.05, 3.63) is 57.7 Å². The van der Waals surface area contributed by atoms with Crippen LogP contribution in [0.4, 0.5) is 5.00 Å². The molecule has 2 heterocycles. The number of nitrogens with two attached hydrogens (primary N) is 1. The van der Waals surface area contributed by atoms with E-state index in [0.29, 0.717) is 26.8 Å². The van der Waals surface area contributed by atoms with Crippen LogP contribution < -0.4 is 5.73 Å². The lowest BCUT2D eigenvalue weighted by molar-refractivity contribution is 0.0531. The first-order valence-electron chi connectivity index (χ1n) is 8.68. The molecule has 0 bridgehead atoms. The second kappa shape index (κ2) is 8.50. The number of carbonyl (C=O) groups excluding carboxylic acids is 1. The fraction of sp³-hybridized carbons (Fsp3) is 0.250. The molecule has 2 aromatic heterocycles. The van der Waals surface area contributed by atoms with Crippen molar-refractivity contribution in [1.29, 1.82) is 5.26 Å². The summed E-state index contributed by atoms with van der Waals surface area (Å²) in [5, 5.41) is 10.6. The standard InChI is InChI=1S/C20H20N4O2S2/c1-4-26-19(25)17-16(15(10-21)18(22)28-17)11-27-20-23-7-8-24(20)14-6-5-12(2)13(3)9-14/h5-9H,4,11,22H2,1-3H3. The number of carbonyl (C=O) groups is 1. The van der Waals surface area contributed by atoms with Gasteiger partial charge in [-0.3, -0.25) is 4.57 Å². The van der Waals surface area contributed by atoms with Crippen LogP contribution in [0.5, 0.6) is 0 Å². The SMILES string of the molecule is CCOC(=O)c1sc(N)c(C#N)c1CSc1nccn1-c1ccc(C)c(C)c1. The van der Waals surface area contributed by atoms with E-state index in [9.17, 15) is 10.1 Å². The van der Waals surface area contributed by atoms with E-state index in [1.54, 1.807) is 13.1 Å². The van der Waals surface area contributed by atoms with Gasteiger partial charge >= 0.3 is 5.97 Å². The molecule has 28 heavy (non-hydrogen) atoms. The highest BCUT2D eigenvalue weighted by Gasteiger charge is 2.23. The zero-order valence-corrected chi connectivity index (χ0v) is 17.5. The minimum atomic E-state index is -0.450. The Bertz CT molecular complexity index is 1060. The fourth-order valence-corrected chi connectivity index (χ4v) is 4.74. The Morgan fingerprint density at radius 3 is 2.86 bits per heavy atom. The molecule has 0 atom stereocenters. The summed E-state index contributed by atoms with van der Waals surface area (Å²) in [6, 6.07) is 8.33. The van der Waals surface area contributed by atoms with Crippen molar-refractivity contribution in [3.8, 4) is 11.8 Å². The van der Waals surface area contributed by atoms with Crippen LogP contribution in [0, 0.1) is 25.2 Å². The van der Waals surface area contributed by atoms with Gasteiger partial charge in [0.1, 0.15) is 15.9 Å². The molecule has 1 aromatic carbocycles. The molecule has 144 valence electrons. The number of thiophene rings is 1. The number of nitriles is 1. The van der Waals surface area contributed by atoms with Crippen molar-refractivity contribution in [2.45, 2.75) is 31.7 Å². The van der Waals surface area contributed by atoms with Gasteiger partial charge in [0.25, 0.3) is 0 Å². The Hall–Kier alpha value is -2.76. The van der Waals surface area contributed by atoms with E-state index in [1.807, 2.05) is 16.8 Å². The van der Waals surface area contributed by atoms with Gasteiger partial charge in [0.05, 0.1) is 12.2 Å². The van der Waals surface area contributed by atoms with E-state index in [1.165, 1.54) is 22.9 Å². The van der Waals surface area contributed by atoms with Crippen LogP contribution in [0.3, 0.4) is 0 Å². The predicted molar refractivity (Wildman–Crippen MR) is 112 cm³/mol. The number of anilines is 1. The van der Waals surface area contributed by atoms with Gasteiger partial charge in [0, 0.05) is 29.4 Å². The zero-order chi connectivity index (χ0) is 20.3. The quantitative estimate of drug-likeness (QED) is 0.474. The molecule has 0 aliphatic rings. The summed E-state index contributed by atoms with van der Waals surface area (Å²) in [4.78, 5) is 17.1. The summed E-state index contributed by atoms with van der Waals surface area (Å²) in [6.07, 6.45) is 3.63. The topological polar surface area (TPSA) is 93.9 Å². The summed E-state index contributed by atoms with van der Waals surface area (Å²) in [6.45, 7) is 6.16. The van der Waals surface area contributed by atoms with Gasteiger partial charge in [0.15, 0.2) is 5.16 Å². The molecule has 3 aromatic rings. The van der Waals surface area contributed by atoms with Crippen molar-refractivity contribution in [1.82, 2.24) is 9.55 Å². The maximum absolute atomic E-state index is 12.3. The normalized spacial score (nSPS) is 10.6. The molecule has 0 radical (unpaired) electrons. The van der Waals surface area contributed by atoms with Crippen LogP contribution in [0.1, 0.15) is 38.8 Å². The predicted octanol–water partition coefficient (Wildman–Crippen LogP) is 4.47. The monoisotopic (exact) mass is 412 g/mol. The molecule has 3 rings (SSSR count). The Kier molecular flexibility index (Phi) is 6.07. The summed E-state index contributed by atoms with van der Waals surface area (Å²) in [7, 11) is 0. The third kappa shape index (κ3) is 3.91. The second-order valence-electron chi connectivity index (χ2n) is 6.12. The van der Waals surface area contributed by atoms with Crippen molar-refractivity contribution >= 4 is 34.1 Å². The van der Waals surface area contributed by atoms with Crippen LogP contribution in [0.25, 0.3) is 5.69 Å². The molecule has 0 amide bonds. The molecule has 0 aliphatic heterocycles. The van der Waals surface area contributed by atoms with Crippen LogP contribution >= 0.6 is 23.1 Å². The summed E-state index contributed by atoms with van der Waals surface area (Å²) < 4.78 is 7.10. The summed E-state index contributed by atoms with van der Waals surface area (Å²) >= 11 is 2.54. The number of benzene rings is 1. The molecule has 0 saturated carbocycles. The van der Waals surface area contributed by atoms with Crippen LogP contribution in [0.2, 0.25) is 0 Å². The number of nitrogens with zero attached hydrogens (tertiary/aromatic N) is 3. The highest BCUT2D eigenvalue weighted by Crippen LogP contribution is 2.35. The average Bonchev–Trinajstić information content (AvgIpc) is 3.26. The van der Waals surface area contributed by atoms with Gasteiger partial charge in [-0.1, -0.05) is 17.8 Å². The lowest BCUT2D eigenvalue weighted by Gasteiger charge is -2.10. The number of aromatic nitrogens is 2. The number of thioether (sulfide) groups is 1. The van der Waals surface area contributed by atoms with E-state index in [2.05, 4.69) is 37.0 Å². The molecular formula is C20H20N4O2S2. The van der Waals surface area contributed by atoms with E-state index in [0.717, 1.165) is 22.2 Å². The lowest BCUT2D eigenvalue weighted by Crippen LogP contribution is -2.05. The molecule has 2 N–H and O–H groups in total. The molecule has 0 saturated heterocycles. The van der Waals surface area contributed by atoms with E-state index in [4.69, 9.17) is 10.5 Å². The van der Waals surface area contributed by atoms with Crippen LogP contribution in [0.15, 0.2) is 35.7 Å². The number of hydrogen-bond acceptors (Lipinski definition) is 7. The molecule has 0 unspecified atom stereocenters. The van der Waals surface area contributed by atoms with Crippen molar-refractivity contribution < 1.29 is 9.53 Å². The Labute approximate surface area is 172 Å². The Morgan fingerprint density at radius 2 is 2.18 bits per heavy atom. The Morgan fingerprint density at radius 1 is 1.39 bits per heavy atom. The van der Waals surface area contributed by atoms with Gasteiger partial charge in [-0.25, -0.2) is 9.78 Å². The number of ether oxygens (including phenoxy) is 1. The van der Waals surface area contributed by atoms with Gasteiger partial charge in [-0.15, -0.1) is 11.3 Å². The molecule has 0 aliphatic carbocycles. The first-order chi connectivity index (χ1) is 13.5. The maximum Gasteiger partial charge on any atom is 0.348 e. The third-order valence-electron chi connectivity index (χ3n) is 4.33. The smallest absolute Gasteiger partial charge is 0.348 e. The molecular weight excluding hydrogens is 392 g/mol. The van der Waals surface area contributed by atoms with E-state index >= 15 is 0 Å². The van der Waals surface area contributed by atoms with E-state index in [-0.39, 0.29) is 6.61 Å². The minimum absolute atomic E-state index is 0.266. The van der Waals surface area contributed by atoms with Crippen LogP contribution in [-0.4, -0.2) is 22.1 Å². The maximum atomic E-state index is 12.3. The highest BCUT2D eigenvalue weighted by atomic mass is 32.2. The molecule has 8 heteroatoms. The Balaban J connectivity index is 1.90. The van der Waals surface area contributed by atoms with Gasteiger partial charge in [0.2, 0.25) is 0 Å². The second-order valence-corrected chi connectivity index (χ2v) is 8.11. The molecule has 0 spiro atoms. The summed E-state index contributed by atoms with van der Waals surface area (Å²) in [5.41, 5.74) is 10.3. The minimum Gasteiger partial charge on any atom is -0.462 e. The number of nitrogen functional groups attached to an aromatic ring is 1. The lowest BCUT2D eigenvalue weighted by atomic mass is 10.1. The van der Waals surface area contributed by atoms with Crippen molar-refractivity contribution in [2.24, 2.45) is 0 Å². The van der Waals surface area contributed by atoms with Gasteiger partial charge in [-0.2, -0.15) is 5.26 Å². The van der Waals surface area contributed by atoms with E-state index < -0.39 is 5.97 Å². The van der Waals surface area contributed by atoms with Crippen molar-refractivity contribution in [3.63, 3.8) is 0 Å². The van der Waals surface area contributed by atoms with Crippen LogP contribution in [-0.2, 0) is 10.5 Å². The number of rotatable bonds is 6. The van der Waals surface area contributed by atoms with Gasteiger partial charge < -0.3 is 10.5 Å². The number of imidazole rings is 1. The molecule has 0 fully saturated rings. The first-order valence-corrected chi connectivity index (χ1v) is 10.5. The number of hydrogen-bond donors (Lipinski definition) is 1. The number of aryl methyl sites for hydroxylation is 2. The third-order valence-corrected chi connectivity index (χ3v) is 6.36. The number of esters is 1. The highest BCUT2D eigenvalue weighted by molar-refractivity contribution is 7.98. The van der Waals surface area contributed by atoms with Gasteiger partial charge in [-0.05, 0) is 44.0 Å². The average molecular weight is 413 g/mol. The van der Waals surface area contributed by atoms with Crippen molar-refractivity contribution in [2.75, 3.05) is 12.3 Å². The zero-order valence-electron chi connectivity index (χ0n) is 15.9. The summed E-state index contributed by atoms with van der Waals surface area (Å²) in [5.74, 6) is -0.0547. The largest absolute Gasteiger partial charge is 0.462 e. The molecule has 6 nitrogen and oxygen atoms in total. The first kappa shape index (κ1) is 20.0. The fourth-order valence-electron chi connectivity index (χ4n) is 2.71.